The second-order valence-corrected chi connectivity index (χ2v) is 6.46. The monoisotopic (exact) mass is 352 g/mol. The number of rotatable bonds is 8. The van der Waals surface area contributed by atoms with Crippen molar-refractivity contribution in [2.75, 3.05) is 25.1 Å². The second-order valence-electron chi connectivity index (χ2n) is 4.52. The number of hydrogen-bond donors (Lipinski definition) is 1. The highest BCUT2D eigenvalue weighted by Gasteiger charge is 2.21. The molecule has 24 heavy (non-hydrogen) atoms. The number of sulfonamides is 1. The molecule has 0 aliphatic carbocycles. The van der Waals surface area contributed by atoms with Crippen LogP contribution in [0.3, 0.4) is 0 Å². The van der Waals surface area contributed by atoms with Gasteiger partial charge in [-0.05, 0) is 25.1 Å². The Morgan fingerprint density at radius 2 is 2.00 bits per heavy atom. The van der Waals surface area contributed by atoms with Crippen LogP contribution < -0.4 is 5.43 Å². The fourth-order valence-corrected chi connectivity index (χ4v) is 3.38. The van der Waals surface area contributed by atoms with Crippen molar-refractivity contribution < 1.29 is 17.9 Å². The molecule has 1 aromatic rings. The SMILES string of the molecule is CCOC(=O)/C(C#N)=N\Nc1cccc(S(=O)(=O)N(CC)CC)c1. The Morgan fingerprint density at radius 3 is 2.54 bits per heavy atom. The fraction of sp³-hybridized carbons (Fsp3) is 0.400. The van der Waals surface area contributed by atoms with Gasteiger partial charge in [0.2, 0.25) is 15.7 Å². The number of nitriles is 1. The molecule has 130 valence electrons. The third-order valence-corrected chi connectivity index (χ3v) is 5.09. The number of nitrogens with one attached hydrogen (secondary N) is 1. The quantitative estimate of drug-likeness (QED) is 0.432. The van der Waals surface area contributed by atoms with Gasteiger partial charge in [0.15, 0.2) is 0 Å². The first-order valence-corrected chi connectivity index (χ1v) is 8.85. The predicted octanol–water partition coefficient (Wildman–Crippen LogP) is 1.57. The summed E-state index contributed by atoms with van der Waals surface area (Å²) >= 11 is 0. The number of carbonyl (C=O) groups excluding carboxylic acids is 1. The second kappa shape index (κ2) is 9.00. The summed E-state index contributed by atoms with van der Waals surface area (Å²) in [7, 11) is -3.60. The standard InChI is InChI=1S/C15H20N4O4S/c1-4-19(5-2)24(21,22)13-9-7-8-12(10-13)17-18-14(11-16)15(20)23-6-3/h7-10,17H,4-6H2,1-3H3/b18-14-. The highest BCUT2D eigenvalue weighted by Crippen LogP contribution is 2.19. The zero-order valence-electron chi connectivity index (χ0n) is 13.8. The molecule has 0 aliphatic rings. The van der Waals surface area contributed by atoms with Crippen LogP contribution in [0.5, 0.6) is 0 Å². The minimum atomic E-state index is -3.60. The van der Waals surface area contributed by atoms with E-state index in [1.165, 1.54) is 16.4 Å². The van der Waals surface area contributed by atoms with E-state index in [2.05, 4.69) is 15.3 Å². The average molecular weight is 352 g/mol. The number of nitrogens with zero attached hydrogens (tertiary/aromatic N) is 3. The van der Waals surface area contributed by atoms with Gasteiger partial charge in [-0.2, -0.15) is 14.7 Å². The van der Waals surface area contributed by atoms with Crippen molar-refractivity contribution in [3.05, 3.63) is 24.3 Å². The van der Waals surface area contributed by atoms with Crippen LogP contribution in [0, 0.1) is 11.3 Å². The molecule has 0 fully saturated rings. The van der Waals surface area contributed by atoms with Crippen molar-refractivity contribution in [1.29, 1.82) is 5.26 Å². The van der Waals surface area contributed by atoms with Crippen LogP contribution in [0.1, 0.15) is 20.8 Å². The van der Waals surface area contributed by atoms with Crippen LogP contribution in [0.25, 0.3) is 0 Å². The molecule has 1 rings (SSSR count). The molecule has 8 nitrogen and oxygen atoms in total. The van der Waals surface area contributed by atoms with Gasteiger partial charge in [-0.15, -0.1) is 0 Å². The van der Waals surface area contributed by atoms with Crippen molar-refractivity contribution in [2.45, 2.75) is 25.7 Å². The molecule has 9 heteroatoms. The fourth-order valence-electron chi connectivity index (χ4n) is 1.87. The Bertz CT molecular complexity index is 749. The van der Waals surface area contributed by atoms with Gasteiger partial charge in [-0.25, -0.2) is 13.2 Å². The van der Waals surface area contributed by atoms with E-state index in [0.29, 0.717) is 18.8 Å². The van der Waals surface area contributed by atoms with Gasteiger partial charge >= 0.3 is 5.97 Å². The summed E-state index contributed by atoms with van der Waals surface area (Å²) in [6.45, 7) is 5.96. The van der Waals surface area contributed by atoms with E-state index in [-0.39, 0.29) is 11.5 Å². The van der Waals surface area contributed by atoms with Crippen molar-refractivity contribution in [3.63, 3.8) is 0 Å². The lowest BCUT2D eigenvalue weighted by Gasteiger charge is -2.18. The van der Waals surface area contributed by atoms with Gasteiger partial charge in [0.1, 0.15) is 6.07 Å². The molecule has 0 saturated heterocycles. The normalized spacial score (nSPS) is 11.9. The van der Waals surface area contributed by atoms with Crippen LogP contribution in [0.2, 0.25) is 0 Å². The summed E-state index contributed by atoms with van der Waals surface area (Å²) in [5, 5.41) is 12.6. The maximum absolute atomic E-state index is 12.5. The lowest BCUT2D eigenvalue weighted by Crippen LogP contribution is -2.30. The Kier molecular flexibility index (Phi) is 7.35. The molecule has 0 bridgehead atoms. The zero-order chi connectivity index (χ0) is 18.2. The Labute approximate surface area is 141 Å². The largest absolute Gasteiger partial charge is 0.461 e. The van der Waals surface area contributed by atoms with Crippen molar-refractivity contribution in [3.8, 4) is 6.07 Å². The maximum Gasteiger partial charge on any atom is 0.369 e. The minimum absolute atomic E-state index is 0.0982. The lowest BCUT2D eigenvalue weighted by atomic mass is 10.3. The third-order valence-electron chi connectivity index (χ3n) is 3.05. The number of benzene rings is 1. The van der Waals surface area contributed by atoms with Crippen molar-refractivity contribution >= 4 is 27.4 Å². The van der Waals surface area contributed by atoms with Crippen LogP contribution in [0.15, 0.2) is 34.3 Å². The average Bonchev–Trinajstić information content (AvgIpc) is 2.57. The van der Waals surface area contributed by atoms with E-state index in [1.54, 1.807) is 39.0 Å². The number of carbonyl (C=O) groups is 1. The smallest absolute Gasteiger partial charge is 0.369 e. The number of anilines is 1. The van der Waals surface area contributed by atoms with E-state index in [0.717, 1.165) is 0 Å². The summed E-state index contributed by atoms with van der Waals surface area (Å²) < 4.78 is 31.0. The number of esters is 1. The highest BCUT2D eigenvalue weighted by atomic mass is 32.2. The Balaban J connectivity index is 3.06. The zero-order valence-corrected chi connectivity index (χ0v) is 14.6. The molecule has 1 N–H and O–H groups in total. The topological polar surface area (TPSA) is 112 Å². The molecule has 0 atom stereocenters. The van der Waals surface area contributed by atoms with Gasteiger partial charge in [-0.3, -0.25) is 5.43 Å². The molecule has 0 heterocycles. The summed E-state index contributed by atoms with van der Waals surface area (Å²) in [5.74, 6) is -0.848. The minimum Gasteiger partial charge on any atom is -0.461 e. The first-order chi connectivity index (χ1) is 11.4. The molecule has 0 saturated carbocycles. The van der Waals surface area contributed by atoms with Crippen LogP contribution >= 0.6 is 0 Å². The molecule has 0 spiro atoms. The van der Waals surface area contributed by atoms with Gasteiger partial charge < -0.3 is 4.74 Å². The Hall–Kier alpha value is -2.44. The molecule has 0 unspecified atom stereocenters. The molecule has 0 aliphatic heterocycles. The van der Waals surface area contributed by atoms with Crippen LogP contribution in [0.4, 0.5) is 5.69 Å². The number of hydrazone groups is 1. The summed E-state index contributed by atoms with van der Waals surface area (Å²) in [6.07, 6.45) is 0. The number of ether oxygens (including phenoxy) is 1. The molecular formula is C15H20N4O4S. The van der Waals surface area contributed by atoms with Crippen molar-refractivity contribution in [1.82, 2.24) is 4.31 Å². The maximum atomic E-state index is 12.5. The van der Waals surface area contributed by atoms with Crippen LogP contribution in [-0.2, 0) is 19.6 Å². The first-order valence-electron chi connectivity index (χ1n) is 7.41. The van der Waals surface area contributed by atoms with E-state index in [9.17, 15) is 13.2 Å². The van der Waals surface area contributed by atoms with Crippen LogP contribution in [-0.4, -0.2) is 44.1 Å². The third kappa shape index (κ3) is 4.78. The molecule has 0 aromatic heterocycles. The summed E-state index contributed by atoms with van der Waals surface area (Å²) in [4.78, 5) is 11.6. The van der Waals surface area contributed by atoms with E-state index in [1.807, 2.05) is 0 Å². The lowest BCUT2D eigenvalue weighted by molar-refractivity contribution is -0.134. The number of hydrogen-bond acceptors (Lipinski definition) is 7. The molecule has 0 radical (unpaired) electrons. The van der Waals surface area contributed by atoms with E-state index < -0.39 is 21.7 Å². The van der Waals surface area contributed by atoms with E-state index in [4.69, 9.17) is 5.26 Å². The summed E-state index contributed by atoms with van der Waals surface area (Å²) in [6, 6.07) is 7.60. The van der Waals surface area contributed by atoms with Gasteiger partial charge in [-0.1, -0.05) is 19.9 Å². The van der Waals surface area contributed by atoms with Gasteiger partial charge in [0.05, 0.1) is 17.2 Å². The molecule has 1 aromatic carbocycles. The van der Waals surface area contributed by atoms with Gasteiger partial charge in [0.25, 0.3) is 0 Å². The van der Waals surface area contributed by atoms with E-state index >= 15 is 0 Å². The highest BCUT2D eigenvalue weighted by molar-refractivity contribution is 7.89. The first kappa shape index (κ1) is 19.6. The summed E-state index contributed by atoms with van der Waals surface area (Å²) in [5.41, 5.74) is 2.39. The molecular weight excluding hydrogens is 332 g/mol. The Morgan fingerprint density at radius 1 is 1.33 bits per heavy atom. The molecule has 0 amide bonds. The predicted molar refractivity (Wildman–Crippen MR) is 89.9 cm³/mol. The van der Waals surface area contributed by atoms with Gasteiger partial charge in [0, 0.05) is 13.1 Å². The van der Waals surface area contributed by atoms with Crippen molar-refractivity contribution in [2.24, 2.45) is 5.10 Å².